The number of halogens is 3. The lowest BCUT2D eigenvalue weighted by atomic mass is 10.1. The maximum absolute atomic E-state index is 12.4. The Balaban J connectivity index is 2.14. The standard InChI is InChI=1S/C15H13Cl3N4O3/c16-15(17,18)14(20-9-10-4-3-7-19-8-10)21-13(23)11-5-1-2-6-12(11)22(24)25/h1-8,14,20H,9H2,(H,21,23)/p+2. The average molecular weight is 406 g/mol. The van der Waals surface area contributed by atoms with Crippen LogP contribution in [-0.2, 0) is 6.54 Å². The molecule has 1 atom stereocenters. The summed E-state index contributed by atoms with van der Waals surface area (Å²) in [5.41, 5.74) is 0.496. The van der Waals surface area contributed by atoms with Gasteiger partial charge in [0.05, 0.1) is 10.5 Å². The molecule has 1 unspecified atom stereocenters. The van der Waals surface area contributed by atoms with Crippen molar-refractivity contribution in [1.82, 2.24) is 5.32 Å². The van der Waals surface area contributed by atoms with Crippen LogP contribution in [0.4, 0.5) is 5.69 Å². The van der Waals surface area contributed by atoms with Crippen molar-refractivity contribution >= 4 is 46.4 Å². The molecule has 2 rings (SSSR count). The van der Waals surface area contributed by atoms with Gasteiger partial charge in [-0.05, 0) is 12.1 Å². The summed E-state index contributed by atoms with van der Waals surface area (Å²) in [7, 11) is 0. The predicted octanol–water partition coefficient (Wildman–Crippen LogP) is 1.60. The maximum Gasteiger partial charge on any atom is 0.282 e. The van der Waals surface area contributed by atoms with Crippen LogP contribution in [0.1, 0.15) is 15.9 Å². The first-order chi connectivity index (χ1) is 11.8. The van der Waals surface area contributed by atoms with Crippen molar-refractivity contribution in [2.75, 3.05) is 0 Å². The van der Waals surface area contributed by atoms with Crippen molar-refractivity contribution in [3.8, 4) is 0 Å². The van der Waals surface area contributed by atoms with Gasteiger partial charge in [-0.15, -0.1) is 0 Å². The molecule has 0 aliphatic carbocycles. The summed E-state index contributed by atoms with van der Waals surface area (Å²) in [5.74, 6) is -0.695. The van der Waals surface area contributed by atoms with E-state index in [9.17, 15) is 14.9 Å². The van der Waals surface area contributed by atoms with Gasteiger partial charge in [-0.3, -0.25) is 20.2 Å². The van der Waals surface area contributed by atoms with Crippen LogP contribution in [0.2, 0.25) is 0 Å². The summed E-state index contributed by atoms with van der Waals surface area (Å²) in [4.78, 5) is 25.8. The summed E-state index contributed by atoms with van der Waals surface area (Å²) in [6.07, 6.45) is 2.59. The highest BCUT2D eigenvalue weighted by Crippen LogP contribution is 2.28. The van der Waals surface area contributed by atoms with Gasteiger partial charge in [0.15, 0.2) is 12.4 Å². The minimum Gasteiger partial charge on any atom is -0.319 e. The van der Waals surface area contributed by atoms with Gasteiger partial charge < -0.3 is 5.32 Å². The summed E-state index contributed by atoms with van der Waals surface area (Å²) >= 11 is 17.8. The smallest absolute Gasteiger partial charge is 0.282 e. The fraction of sp³-hybridized carbons (Fsp3) is 0.200. The number of para-hydroxylation sites is 1. The molecule has 1 heterocycles. The third kappa shape index (κ3) is 5.54. The van der Waals surface area contributed by atoms with E-state index in [1.165, 1.54) is 24.3 Å². The van der Waals surface area contributed by atoms with E-state index in [0.29, 0.717) is 6.54 Å². The fourth-order valence-corrected chi connectivity index (χ4v) is 2.56. The van der Waals surface area contributed by atoms with E-state index in [4.69, 9.17) is 34.8 Å². The Bertz CT molecular complexity index is 753. The van der Waals surface area contributed by atoms with Crippen LogP contribution in [0.3, 0.4) is 0 Å². The molecule has 0 saturated carbocycles. The maximum atomic E-state index is 12.4. The van der Waals surface area contributed by atoms with Crippen molar-refractivity contribution in [1.29, 1.82) is 0 Å². The number of nitro groups is 1. The Morgan fingerprint density at radius 3 is 2.60 bits per heavy atom. The number of H-pyrrole nitrogens is 1. The number of quaternary nitrogens is 1. The molecule has 132 valence electrons. The van der Waals surface area contributed by atoms with Gasteiger partial charge in [-0.1, -0.05) is 46.9 Å². The molecule has 1 amide bonds. The Morgan fingerprint density at radius 1 is 1.28 bits per heavy atom. The zero-order chi connectivity index (χ0) is 18.4. The number of nitrogens with zero attached hydrogens (tertiary/aromatic N) is 1. The van der Waals surface area contributed by atoms with Gasteiger partial charge in [-0.2, -0.15) is 0 Å². The van der Waals surface area contributed by atoms with Crippen molar-refractivity contribution < 1.29 is 20.0 Å². The number of amides is 1. The lowest BCUT2D eigenvalue weighted by Crippen LogP contribution is -2.95. The Hall–Kier alpha value is -1.93. The third-order valence-electron chi connectivity index (χ3n) is 3.35. The highest BCUT2D eigenvalue weighted by atomic mass is 35.6. The number of alkyl halides is 3. The highest BCUT2D eigenvalue weighted by molar-refractivity contribution is 6.68. The van der Waals surface area contributed by atoms with Crippen LogP contribution in [0, 0.1) is 10.1 Å². The van der Waals surface area contributed by atoms with Crippen LogP contribution in [0.15, 0.2) is 48.8 Å². The molecular formula is C15H15Cl3N4O3+2. The second-order valence-corrected chi connectivity index (χ2v) is 7.49. The van der Waals surface area contributed by atoms with E-state index in [0.717, 1.165) is 5.56 Å². The number of nitrogens with two attached hydrogens (primary N) is 1. The van der Waals surface area contributed by atoms with Crippen LogP contribution in [0.5, 0.6) is 0 Å². The second-order valence-electron chi connectivity index (χ2n) is 5.12. The van der Waals surface area contributed by atoms with Gasteiger partial charge >= 0.3 is 0 Å². The zero-order valence-electron chi connectivity index (χ0n) is 12.8. The SMILES string of the molecule is O=C(NC([NH2+]Cc1ccc[nH+]c1)C(Cl)(Cl)Cl)c1ccccc1[N+](=O)[O-]. The third-order valence-corrected chi connectivity index (χ3v) is 4.05. The van der Waals surface area contributed by atoms with E-state index < -0.39 is 20.8 Å². The van der Waals surface area contributed by atoms with Gasteiger partial charge in [0.1, 0.15) is 12.1 Å². The molecule has 0 fully saturated rings. The summed E-state index contributed by atoms with van der Waals surface area (Å²) < 4.78 is -1.81. The number of carbonyl (C=O) groups excluding carboxylic acids is 1. The Kier molecular flexibility index (Phi) is 6.55. The molecule has 4 N–H and O–H groups in total. The molecule has 0 radical (unpaired) electrons. The number of rotatable bonds is 6. The van der Waals surface area contributed by atoms with Crippen LogP contribution in [-0.4, -0.2) is 20.8 Å². The van der Waals surface area contributed by atoms with E-state index in [2.05, 4.69) is 10.3 Å². The summed E-state index contributed by atoms with van der Waals surface area (Å²) in [6.45, 7) is 0.424. The minimum atomic E-state index is -1.81. The minimum absolute atomic E-state index is 0.104. The van der Waals surface area contributed by atoms with E-state index in [-0.39, 0.29) is 11.3 Å². The van der Waals surface area contributed by atoms with Gasteiger partial charge in [-0.25, -0.2) is 4.98 Å². The Morgan fingerprint density at radius 2 is 2.00 bits per heavy atom. The molecule has 7 nitrogen and oxygen atoms in total. The van der Waals surface area contributed by atoms with Crippen molar-refractivity contribution in [3.05, 3.63) is 70.0 Å². The first kappa shape index (κ1) is 19.4. The van der Waals surface area contributed by atoms with Crippen molar-refractivity contribution in [3.63, 3.8) is 0 Å². The number of aromatic nitrogens is 1. The Labute approximate surface area is 158 Å². The summed E-state index contributed by atoms with van der Waals surface area (Å²) in [6, 6.07) is 9.26. The van der Waals surface area contributed by atoms with Gasteiger partial charge in [0.25, 0.3) is 15.4 Å². The first-order valence-corrected chi connectivity index (χ1v) is 8.31. The van der Waals surface area contributed by atoms with E-state index >= 15 is 0 Å². The quantitative estimate of drug-likeness (QED) is 0.330. The fourth-order valence-electron chi connectivity index (χ4n) is 2.13. The number of hydrogen-bond donors (Lipinski definition) is 2. The molecule has 25 heavy (non-hydrogen) atoms. The first-order valence-electron chi connectivity index (χ1n) is 7.18. The molecule has 0 saturated heterocycles. The lowest BCUT2D eigenvalue weighted by molar-refractivity contribution is -0.707. The van der Waals surface area contributed by atoms with Crippen LogP contribution in [0.25, 0.3) is 0 Å². The monoisotopic (exact) mass is 404 g/mol. The molecule has 1 aromatic carbocycles. The van der Waals surface area contributed by atoms with Crippen LogP contribution < -0.4 is 15.6 Å². The van der Waals surface area contributed by atoms with Crippen molar-refractivity contribution in [2.24, 2.45) is 0 Å². The van der Waals surface area contributed by atoms with E-state index in [1.54, 1.807) is 17.7 Å². The average Bonchev–Trinajstić information content (AvgIpc) is 2.58. The normalized spacial score (nSPS) is 12.4. The number of nitrogens with one attached hydrogen (secondary N) is 2. The number of pyridine rings is 1. The zero-order valence-corrected chi connectivity index (χ0v) is 15.1. The lowest BCUT2D eigenvalue weighted by Gasteiger charge is -2.23. The largest absolute Gasteiger partial charge is 0.319 e. The second kappa shape index (κ2) is 8.44. The molecule has 0 aliphatic rings. The summed E-state index contributed by atoms with van der Waals surface area (Å²) in [5, 5.41) is 15.2. The molecule has 10 heteroatoms. The molecule has 1 aromatic heterocycles. The number of hydrogen-bond acceptors (Lipinski definition) is 3. The van der Waals surface area contributed by atoms with Crippen molar-refractivity contribution in [2.45, 2.75) is 16.5 Å². The number of aromatic amines is 1. The number of nitro benzene ring substituents is 1. The molecule has 2 aromatic rings. The van der Waals surface area contributed by atoms with Gasteiger partial charge in [0, 0.05) is 12.1 Å². The predicted molar refractivity (Wildman–Crippen MR) is 93.3 cm³/mol. The molecular weight excluding hydrogens is 391 g/mol. The van der Waals surface area contributed by atoms with Crippen LogP contribution >= 0.6 is 34.8 Å². The number of carbonyl (C=O) groups is 1. The topological polar surface area (TPSA) is 103 Å². The highest BCUT2D eigenvalue weighted by Gasteiger charge is 2.38. The molecule has 0 bridgehead atoms. The number of benzene rings is 1. The molecule has 0 aliphatic heterocycles. The van der Waals surface area contributed by atoms with Gasteiger partial charge in [0.2, 0.25) is 6.17 Å². The van der Waals surface area contributed by atoms with E-state index in [1.807, 2.05) is 12.1 Å². The molecule has 0 spiro atoms.